The molecular weight excluding hydrogens is 212 g/mol. The fourth-order valence-electron chi connectivity index (χ4n) is 2.38. The van der Waals surface area contributed by atoms with Crippen molar-refractivity contribution in [3.8, 4) is 11.3 Å². The van der Waals surface area contributed by atoms with E-state index in [0.29, 0.717) is 12.3 Å². The molecule has 1 aliphatic carbocycles. The zero-order valence-electron chi connectivity index (χ0n) is 9.77. The molecule has 2 aromatic rings. The Morgan fingerprint density at radius 2 is 1.94 bits per heavy atom. The minimum Gasteiger partial charge on any atom is -0.460 e. The molecule has 0 fully saturated rings. The van der Waals surface area contributed by atoms with Gasteiger partial charge in [0.15, 0.2) is 5.78 Å². The Labute approximate surface area is 100 Å². The van der Waals surface area contributed by atoms with Gasteiger partial charge in [-0.3, -0.25) is 4.79 Å². The van der Waals surface area contributed by atoms with Crippen molar-refractivity contribution in [3.63, 3.8) is 0 Å². The van der Waals surface area contributed by atoms with Crippen LogP contribution in [0.3, 0.4) is 0 Å². The standard InChI is InChI=1S/C15H14O2/c1-10-7-13(16)12-9-14(17-15(12)8-10)11-5-3-2-4-6-11/h2-6,9-10H,7-8H2,1H3/t10-/m0/s1. The molecule has 1 atom stereocenters. The first kappa shape index (κ1) is 10.3. The van der Waals surface area contributed by atoms with Gasteiger partial charge in [-0.15, -0.1) is 0 Å². The summed E-state index contributed by atoms with van der Waals surface area (Å²) in [5.74, 6) is 2.26. The van der Waals surface area contributed by atoms with Gasteiger partial charge in [0.1, 0.15) is 11.5 Å². The minimum atomic E-state index is 0.213. The highest BCUT2D eigenvalue weighted by molar-refractivity contribution is 5.99. The monoisotopic (exact) mass is 226 g/mol. The second kappa shape index (κ2) is 3.88. The molecule has 86 valence electrons. The Kier molecular flexibility index (Phi) is 2.36. The van der Waals surface area contributed by atoms with Gasteiger partial charge in [0.25, 0.3) is 0 Å². The minimum absolute atomic E-state index is 0.213. The number of fused-ring (bicyclic) bond motifs is 1. The second-order valence-corrected chi connectivity index (χ2v) is 4.75. The summed E-state index contributed by atoms with van der Waals surface area (Å²) in [6.45, 7) is 2.09. The van der Waals surface area contributed by atoms with Gasteiger partial charge < -0.3 is 4.42 Å². The lowest BCUT2D eigenvalue weighted by molar-refractivity contribution is 0.0949. The number of carbonyl (C=O) groups excluding carboxylic acids is 1. The first-order valence-corrected chi connectivity index (χ1v) is 5.95. The van der Waals surface area contributed by atoms with Gasteiger partial charge in [-0.2, -0.15) is 0 Å². The first-order valence-electron chi connectivity index (χ1n) is 5.95. The molecule has 3 rings (SSSR count). The molecule has 1 aliphatic rings. The summed E-state index contributed by atoms with van der Waals surface area (Å²) >= 11 is 0. The van der Waals surface area contributed by atoms with Gasteiger partial charge in [-0.1, -0.05) is 37.3 Å². The molecule has 0 N–H and O–H groups in total. The predicted molar refractivity (Wildman–Crippen MR) is 66.0 cm³/mol. The van der Waals surface area contributed by atoms with Crippen LogP contribution < -0.4 is 0 Å². The maximum absolute atomic E-state index is 11.9. The highest BCUT2D eigenvalue weighted by atomic mass is 16.3. The summed E-state index contributed by atoms with van der Waals surface area (Å²) in [6, 6.07) is 11.8. The zero-order valence-corrected chi connectivity index (χ0v) is 9.77. The normalized spacial score (nSPS) is 19.1. The van der Waals surface area contributed by atoms with Crippen LogP contribution in [-0.2, 0) is 6.42 Å². The maximum atomic E-state index is 11.9. The average Bonchev–Trinajstić information content (AvgIpc) is 2.74. The fraction of sp³-hybridized carbons (Fsp3) is 0.267. The quantitative estimate of drug-likeness (QED) is 0.742. The van der Waals surface area contributed by atoms with E-state index < -0.39 is 0 Å². The molecule has 2 heteroatoms. The Bertz CT molecular complexity index is 552. The Morgan fingerprint density at radius 1 is 1.18 bits per heavy atom. The van der Waals surface area contributed by atoms with Crippen molar-refractivity contribution in [1.29, 1.82) is 0 Å². The lowest BCUT2D eigenvalue weighted by atomic mass is 9.89. The molecule has 0 aliphatic heterocycles. The summed E-state index contributed by atoms with van der Waals surface area (Å²) in [5.41, 5.74) is 1.81. The molecule has 0 bridgehead atoms. The molecule has 0 radical (unpaired) electrons. The summed E-state index contributed by atoms with van der Waals surface area (Å²) in [5, 5.41) is 0. The van der Waals surface area contributed by atoms with Gasteiger partial charge in [-0.25, -0.2) is 0 Å². The molecule has 0 spiro atoms. The molecule has 1 aromatic heterocycles. The number of Topliss-reactive ketones (excluding diaryl/α,β-unsaturated/α-hetero) is 1. The fourth-order valence-corrected chi connectivity index (χ4v) is 2.38. The van der Waals surface area contributed by atoms with Crippen molar-refractivity contribution in [3.05, 3.63) is 47.7 Å². The molecule has 2 nitrogen and oxygen atoms in total. The number of benzene rings is 1. The molecule has 0 unspecified atom stereocenters. The topological polar surface area (TPSA) is 30.2 Å². The molecule has 1 aromatic carbocycles. The summed E-state index contributed by atoms with van der Waals surface area (Å²) in [4.78, 5) is 11.9. The number of furan rings is 1. The average molecular weight is 226 g/mol. The first-order chi connectivity index (χ1) is 8.24. The van der Waals surface area contributed by atoms with Crippen LogP contribution in [-0.4, -0.2) is 5.78 Å². The zero-order chi connectivity index (χ0) is 11.8. The van der Waals surface area contributed by atoms with Crippen LogP contribution in [0.5, 0.6) is 0 Å². The van der Waals surface area contributed by atoms with Crippen molar-refractivity contribution < 1.29 is 9.21 Å². The SMILES string of the molecule is C[C@H]1CC(=O)c2cc(-c3ccccc3)oc2C1. The Hall–Kier alpha value is -1.83. The van der Waals surface area contributed by atoms with Crippen LogP contribution in [0.1, 0.15) is 29.5 Å². The van der Waals surface area contributed by atoms with Crippen LogP contribution in [0.4, 0.5) is 0 Å². The van der Waals surface area contributed by atoms with E-state index in [0.717, 1.165) is 29.1 Å². The number of hydrogen-bond acceptors (Lipinski definition) is 2. The smallest absolute Gasteiger partial charge is 0.166 e. The maximum Gasteiger partial charge on any atom is 0.166 e. The number of rotatable bonds is 1. The number of hydrogen-bond donors (Lipinski definition) is 0. The van der Waals surface area contributed by atoms with Crippen LogP contribution in [0.15, 0.2) is 40.8 Å². The van der Waals surface area contributed by atoms with E-state index in [-0.39, 0.29) is 5.78 Å². The highest BCUT2D eigenvalue weighted by Gasteiger charge is 2.26. The second-order valence-electron chi connectivity index (χ2n) is 4.75. The third-order valence-corrected chi connectivity index (χ3v) is 3.24. The van der Waals surface area contributed by atoms with Gasteiger partial charge in [0.2, 0.25) is 0 Å². The summed E-state index contributed by atoms with van der Waals surface area (Å²) in [7, 11) is 0. The predicted octanol–water partition coefficient (Wildman–Crippen LogP) is 3.71. The van der Waals surface area contributed by atoms with Crippen molar-refractivity contribution in [2.45, 2.75) is 19.8 Å². The van der Waals surface area contributed by atoms with Gasteiger partial charge in [0.05, 0.1) is 5.56 Å². The summed E-state index contributed by atoms with van der Waals surface area (Å²) < 4.78 is 5.81. The Balaban J connectivity index is 2.06. The van der Waals surface area contributed by atoms with E-state index in [4.69, 9.17) is 4.42 Å². The van der Waals surface area contributed by atoms with E-state index in [1.165, 1.54) is 0 Å². The van der Waals surface area contributed by atoms with Crippen LogP contribution in [0.25, 0.3) is 11.3 Å². The van der Waals surface area contributed by atoms with E-state index in [1.807, 2.05) is 36.4 Å². The van der Waals surface area contributed by atoms with Gasteiger partial charge in [-0.05, 0) is 12.0 Å². The van der Waals surface area contributed by atoms with Crippen LogP contribution in [0, 0.1) is 5.92 Å². The van der Waals surface area contributed by atoms with E-state index in [1.54, 1.807) is 0 Å². The third kappa shape index (κ3) is 1.80. The number of ketones is 1. The highest BCUT2D eigenvalue weighted by Crippen LogP contribution is 2.32. The van der Waals surface area contributed by atoms with E-state index >= 15 is 0 Å². The third-order valence-electron chi connectivity index (χ3n) is 3.24. The van der Waals surface area contributed by atoms with Gasteiger partial charge >= 0.3 is 0 Å². The van der Waals surface area contributed by atoms with Crippen molar-refractivity contribution in [2.24, 2.45) is 5.92 Å². The van der Waals surface area contributed by atoms with Crippen LogP contribution in [0.2, 0.25) is 0 Å². The summed E-state index contributed by atoms with van der Waals surface area (Å²) in [6.07, 6.45) is 1.51. The number of carbonyl (C=O) groups is 1. The lowest BCUT2D eigenvalue weighted by Crippen LogP contribution is -2.15. The van der Waals surface area contributed by atoms with Crippen LogP contribution >= 0.6 is 0 Å². The van der Waals surface area contributed by atoms with E-state index in [9.17, 15) is 4.79 Å². The molecule has 0 saturated carbocycles. The van der Waals surface area contributed by atoms with Crippen molar-refractivity contribution in [2.75, 3.05) is 0 Å². The molecular formula is C15H14O2. The van der Waals surface area contributed by atoms with Crippen molar-refractivity contribution in [1.82, 2.24) is 0 Å². The molecule has 0 amide bonds. The largest absolute Gasteiger partial charge is 0.460 e. The lowest BCUT2D eigenvalue weighted by Gasteiger charge is -2.14. The van der Waals surface area contributed by atoms with Crippen molar-refractivity contribution >= 4 is 5.78 Å². The molecule has 0 saturated heterocycles. The van der Waals surface area contributed by atoms with E-state index in [2.05, 4.69) is 6.92 Å². The van der Waals surface area contributed by atoms with Gasteiger partial charge in [0, 0.05) is 18.4 Å². The molecule has 17 heavy (non-hydrogen) atoms. The Morgan fingerprint density at radius 3 is 2.71 bits per heavy atom. The molecule has 1 heterocycles.